The molecule has 150 valence electrons. The molecule has 0 aliphatic carbocycles. The number of carbonyl (C=O) groups is 1. The SMILES string of the molecule is CC1(CN)CCN(CC(=O)N2CCN(S(=O)(=O)c3cccc(F)c3)CC2)C1. The molecule has 2 N–H and O–H groups in total. The Labute approximate surface area is 160 Å². The summed E-state index contributed by atoms with van der Waals surface area (Å²) in [5, 5.41) is 0. The number of carbonyl (C=O) groups excluding carboxylic acids is 1. The Hall–Kier alpha value is -1.55. The van der Waals surface area contributed by atoms with Crippen LogP contribution in [0.25, 0.3) is 0 Å². The highest BCUT2D eigenvalue weighted by molar-refractivity contribution is 7.89. The van der Waals surface area contributed by atoms with Gasteiger partial charge in [-0.1, -0.05) is 13.0 Å². The molecule has 9 heteroatoms. The van der Waals surface area contributed by atoms with Gasteiger partial charge < -0.3 is 10.6 Å². The fourth-order valence-electron chi connectivity index (χ4n) is 3.67. The minimum atomic E-state index is -3.74. The van der Waals surface area contributed by atoms with Crippen molar-refractivity contribution >= 4 is 15.9 Å². The molecule has 1 unspecified atom stereocenters. The van der Waals surface area contributed by atoms with Crippen LogP contribution in [0.15, 0.2) is 29.2 Å². The number of likely N-dealkylation sites (tertiary alicyclic amines) is 1. The van der Waals surface area contributed by atoms with Gasteiger partial charge in [0.05, 0.1) is 11.4 Å². The molecule has 0 aromatic heterocycles. The van der Waals surface area contributed by atoms with Crippen LogP contribution in [0.3, 0.4) is 0 Å². The average Bonchev–Trinajstić information content (AvgIpc) is 3.03. The molecule has 1 amide bonds. The van der Waals surface area contributed by atoms with Crippen LogP contribution in [0.4, 0.5) is 4.39 Å². The van der Waals surface area contributed by atoms with Crippen molar-refractivity contribution in [2.45, 2.75) is 18.2 Å². The maximum absolute atomic E-state index is 13.4. The molecule has 0 saturated carbocycles. The molecule has 1 aromatic carbocycles. The molecule has 2 saturated heterocycles. The molecule has 0 radical (unpaired) electrons. The molecular formula is C18H27FN4O3S. The third kappa shape index (κ3) is 4.48. The van der Waals surface area contributed by atoms with E-state index in [1.807, 2.05) is 0 Å². The van der Waals surface area contributed by atoms with Crippen LogP contribution >= 0.6 is 0 Å². The molecule has 0 spiro atoms. The van der Waals surface area contributed by atoms with Crippen LogP contribution < -0.4 is 5.73 Å². The lowest BCUT2D eigenvalue weighted by atomic mass is 9.90. The normalized spacial score (nSPS) is 25.1. The molecule has 2 aliphatic rings. The zero-order chi connectivity index (χ0) is 19.7. The van der Waals surface area contributed by atoms with E-state index in [2.05, 4.69) is 11.8 Å². The monoisotopic (exact) mass is 398 g/mol. The number of benzene rings is 1. The van der Waals surface area contributed by atoms with E-state index in [-0.39, 0.29) is 29.3 Å². The van der Waals surface area contributed by atoms with E-state index in [1.54, 1.807) is 4.90 Å². The van der Waals surface area contributed by atoms with Crippen LogP contribution in [-0.2, 0) is 14.8 Å². The minimum Gasteiger partial charge on any atom is -0.339 e. The molecule has 1 aromatic rings. The molecule has 2 aliphatic heterocycles. The molecule has 7 nitrogen and oxygen atoms in total. The van der Waals surface area contributed by atoms with Crippen molar-refractivity contribution in [1.29, 1.82) is 0 Å². The smallest absolute Gasteiger partial charge is 0.243 e. The van der Waals surface area contributed by atoms with E-state index in [4.69, 9.17) is 5.73 Å². The maximum Gasteiger partial charge on any atom is 0.243 e. The van der Waals surface area contributed by atoms with E-state index in [0.717, 1.165) is 25.6 Å². The highest BCUT2D eigenvalue weighted by Gasteiger charge is 2.35. The summed E-state index contributed by atoms with van der Waals surface area (Å²) in [7, 11) is -3.74. The summed E-state index contributed by atoms with van der Waals surface area (Å²) in [5.41, 5.74) is 5.88. The molecule has 27 heavy (non-hydrogen) atoms. The maximum atomic E-state index is 13.4. The van der Waals surface area contributed by atoms with Crippen molar-refractivity contribution in [3.05, 3.63) is 30.1 Å². The van der Waals surface area contributed by atoms with Gasteiger partial charge in [-0.05, 0) is 43.1 Å². The topological polar surface area (TPSA) is 86.9 Å². The number of rotatable bonds is 5. The lowest BCUT2D eigenvalue weighted by Gasteiger charge is -2.35. The number of hydrogen-bond donors (Lipinski definition) is 1. The molecular weight excluding hydrogens is 371 g/mol. The van der Waals surface area contributed by atoms with Gasteiger partial charge >= 0.3 is 0 Å². The first-order valence-corrected chi connectivity index (χ1v) is 10.6. The van der Waals surface area contributed by atoms with Gasteiger partial charge in [0.25, 0.3) is 0 Å². The first-order valence-electron chi connectivity index (χ1n) is 9.19. The van der Waals surface area contributed by atoms with Crippen LogP contribution in [-0.4, -0.2) is 80.8 Å². The number of piperazine rings is 1. The zero-order valence-electron chi connectivity index (χ0n) is 15.6. The molecule has 2 heterocycles. The lowest BCUT2D eigenvalue weighted by molar-refractivity contribution is -0.133. The fraction of sp³-hybridized carbons (Fsp3) is 0.611. The number of hydrogen-bond acceptors (Lipinski definition) is 5. The van der Waals surface area contributed by atoms with Gasteiger partial charge in [-0.3, -0.25) is 9.69 Å². The second-order valence-corrected chi connectivity index (χ2v) is 9.66. The summed E-state index contributed by atoms with van der Waals surface area (Å²) in [5.74, 6) is -0.570. The molecule has 3 rings (SSSR count). The van der Waals surface area contributed by atoms with E-state index >= 15 is 0 Å². The quantitative estimate of drug-likeness (QED) is 0.772. The summed E-state index contributed by atoms with van der Waals surface area (Å²) in [4.78, 5) is 16.3. The Morgan fingerprint density at radius 2 is 1.93 bits per heavy atom. The zero-order valence-corrected chi connectivity index (χ0v) is 16.4. The summed E-state index contributed by atoms with van der Waals surface area (Å²) in [6, 6.07) is 5.00. The summed E-state index contributed by atoms with van der Waals surface area (Å²) < 4.78 is 39.9. The van der Waals surface area contributed by atoms with Gasteiger partial charge in [-0.15, -0.1) is 0 Å². The van der Waals surface area contributed by atoms with Crippen molar-refractivity contribution < 1.29 is 17.6 Å². The largest absolute Gasteiger partial charge is 0.339 e. The van der Waals surface area contributed by atoms with Crippen molar-refractivity contribution in [3.8, 4) is 0 Å². The Kier molecular flexibility index (Phi) is 5.85. The van der Waals surface area contributed by atoms with Crippen LogP contribution in [0, 0.1) is 11.2 Å². The molecule has 1 atom stereocenters. The van der Waals surface area contributed by atoms with Gasteiger partial charge in [0.15, 0.2) is 0 Å². The number of amides is 1. The average molecular weight is 399 g/mol. The number of halogens is 1. The Bertz CT molecular complexity index is 796. The van der Waals surface area contributed by atoms with Gasteiger partial charge in [0.2, 0.25) is 15.9 Å². The Balaban J connectivity index is 1.55. The number of sulfonamides is 1. The number of nitrogens with zero attached hydrogens (tertiary/aromatic N) is 3. The highest BCUT2D eigenvalue weighted by atomic mass is 32.2. The third-order valence-electron chi connectivity index (χ3n) is 5.51. The van der Waals surface area contributed by atoms with Crippen molar-refractivity contribution in [3.63, 3.8) is 0 Å². The van der Waals surface area contributed by atoms with Crippen molar-refractivity contribution in [2.75, 3.05) is 52.4 Å². The Morgan fingerprint density at radius 1 is 1.22 bits per heavy atom. The van der Waals surface area contributed by atoms with Crippen LogP contribution in [0.5, 0.6) is 0 Å². The van der Waals surface area contributed by atoms with Gasteiger partial charge in [-0.25, -0.2) is 12.8 Å². The summed E-state index contributed by atoms with van der Waals surface area (Å²) in [6.45, 7) is 5.85. The Morgan fingerprint density at radius 3 is 2.52 bits per heavy atom. The van der Waals surface area contributed by atoms with Crippen molar-refractivity contribution in [2.24, 2.45) is 11.1 Å². The van der Waals surface area contributed by atoms with Crippen LogP contribution in [0.2, 0.25) is 0 Å². The molecule has 2 fully saturated rings. The van der Waals surface area contributed by atoms with Crippen LogP contribution in [0.1, 0.15) is 13.3 Å². The minimum absolute atomic E-state index is 0.0130. The fourth-order valence-corrected chi connectivity index (χ4v) is 5.13. The van der Waals surface area contributed by atoms with Gasteiger partial charge in [-0.2, -0.15) is 4.31 Å². The van der Waals surface area contributed by atoms with E-state index < -0.39 is 15.8 Å². The van der Waals surface area contributed by atoms with E-state index in [0.29, 0.717) is 26.2 Å². The summed E-state index contributed by atoms with van der Waals surface area (Å²) in [6.07, 6.45) is 0.983. The first-order chi connectivity index (χ1) is 12.7. The number of nitrogens with two attached hydrogens (primary N) is 1. The van der Waals surface area contributed by atoms with Crippen molar-refractivity contribution in [1.82, 2.24) is 14.1 Å². The second-order valence-electron chi connectivity index (χ2n) is 7.72. The third-order valence-corrected chi connectivity index (χ3v) is 7.41. The predicted molar refractivity (Wildman–Crippen MR) is 100.0 cm³/mol. The van der Waals surface area contributed by atoms with Gasteiger partial charge in [0, 0.05) is 32.7 Å². The van der Waals surface area contributed by atoms with Gasteiger partial charge in [0.1, 0.15) is 5.82 Å². The second kappa shape index (κ2) is 7.83. The summed E-state index contributed by atoms with van der Waals surface area (Å²) >= 11 is 0. The van der Waals surface area contributed by atoms with E-state index in [1.165, 1.54) is 22.5 Å². The van der Waals surface area contributed by atoms with E-state index in [9.17, 15) is 17.6 Å². The lowest BCUT2D eigenvalue weighted by Crippen LogP contribution is -2.52. The highest BCUT2D eigenvalue weighted by Crippen LogP contribution is 2.28. The molecule has 0 bridgehead atoms. The standard InChI is InChI=1S/C18H27FN4O3S/c1-18(13-20)5-6-21(14-18)12-17(24)22-7-9-23(10-8-22)27(25,26)16-4-2-3-15(19)11-16/h2-4,11H,5-10,12-14,20H2,1H3. The predicted octanol–water partition coefficient (Wildman–Crippen LogP) is 0.329. The first kappa shape index (κ1) is 20.2.